The fourth-order valence-corrected chi connectivity index (χ4v) is 4.83. The molecule has 29 heavy (non-hydrogen) atoms. The molecule has 10 nitrogen and oxygen atoms in total. The van der Waals surface area contributed by atoms with Gasteiger partial charge in [0, 0.05) is 23.9 Å². The van der Waals surface area contributed by atoms with Crippen LogP contribution in [0.5, 0.6) is 5.75 Å². The van der Waals surface area contributed by atoms with Crippen molar-refractivity contribution in [2.75, 3.05) is 29.2 Å². The molecular formula is C18H24N6O4S. The molecule has 0 aromatic carbocycles. The summed E-state index contributed by atoms with van der Waals surface area (Å²) in [4.78, 5) is 20.3. The Balaban J connectivity index is 1.90. The maximum Gasteiger partial charge on any atom is 0.269 e. The van der Waals surface area contributed by atoms with Crippen LogP contribution in [0.2, 0.25) is 0 Å². The van der Waals surface area contributed by atoms with Gasteiger partial charge in [0.1, 0.15) is 11.6 Å². The second kappa shape index (κ2) is 8.21. The maximum absolute atomic E-state index is 11.9. The lowest BCUT2D eigenvalue weighted by atomic mass is 10.1. The first-order valence-corrected chi connectivity index (χ1v) is 10.8. The molecule has 2 aromatic rings. The van der Waals surface area contributed by atoms with Crippen molar-refractivity contribution in [3.8, 4) is 5.75 Å². The van der Waals surface area contributed by atoms with Gasteiger partial charge in [-0.25, -0.2) is 18.4 Å². The summed E-state index contributed by atoms with van der Waals surface area (Å²) in [5, 5.41) is 6.14. The predicted octanol–water partition coefficient (Wildman–Crippen LogP) is 0.562. The normalized spacial score (nSPS) is 20.7. The van der Waals surface area contributed by atoms with Gasteiger partial charge in [-0.05, 0) is 19.4 Å². The molecule has 0 bridgehead atoms. The molecule has 6 N–H and O–H groups in total. The van der Waals surface area contributed by atoms with Gasteiger partial charge >= 0.3 is 0 Å². The lowest BCUT2D eigenvalue weighted by Crippen LogP contribution is -2.50. The number of amides is 1. The number of rotatable bonds is 6. The lowest BCUT2D eigenvalue weighted by molar-refractivity contribution is 0.0996. The van der Waals surface area contributed by atoms with Crippen LogP contribution in [0.25, 0.3) is 0 Å². The smallest absolute Gasteiger partial charge is 0.269 e. The minimum absolute atomic E-state index is 0.0263. The van der Waals surface area contributed by atoms with Crippen LogP contribution in [0.15, 0.2) is 24.4 Å². The predicted molar refractivity (Wildman–Crippen MR) is 110 cm³/mol. The number of ether oxygens (including phenoxy) is 1. The van der Waals surface area contributed by atoms with Gasteiger partial charge in [0.25, 0.3) is 5.91 Å². The number of primary amides is 1. The van der Waals surface area contributed by atoms with E-state index in [9.17, 15) is 13.2 Å². The van der Waals surface area contributed by atoms with Crippen molar-refractivity contribution in [3.05, 3.63) is 35.8 Å². The van der Waals surface area contributed by atoms with Crippen molar-refractivity contribution in [2.24, 2.45) is 11.5 Å². The minimum atomic E-state index is -3.15. The fourth-order valence-electron chi connectivity index (χ4n) is 3.15. The number of hydrogen-bond donors (Lipinski definition) is 4. The Morgan fingerprint density at radius 3 is 2.76 bits per heavy atom. The number of carbonyl (C=O) groups is 1. The Morgan fingerprint density at radius 2 is 2.07 bits per heavy atom. The van der Waals surface area contributed by atoms with Crippen LogP contribution >= 0.6 is 0 Å². The van der Waals surface area contributed by atoms with Crippen molar-refractivity contribution in [2.45, 2.75) is 25.4 Å². The summed E-state index contributed by atoms with van der Waals surface area (Å²) in [6.45, 7) is 1.81. The van der Waals surface area contributed by atoms with Gasteiger partial charge in [0.2, 0.25) is 0 Å². The number of sulfone groups is 1. The quantitative estimate of drug-likeness (QED) is 0.523. The summed E-state index contributed by atoms with van der Waals surface area (Å²) in [6.07, 6.45) is 1.80. The average molecular weight is 420 g/mol. The number of aryl methyl sites for hydroxylation is 1. The first-order chi connectivity index (χ1) is 13.7. The standard InChI is InChI=1S/C18H24N6O4S/c1-10-5-12(28-2)7-16(22-10)24-14-6-11(8-21-17(14)18(20)25)23-15-9-29(26,27)4-3-13(15)19/h5-8,13,15,23H,3-4,9,19H2,1-2H3,(H2,20,25)(H,22,24)/t13-,15+/m0/s1. The third-order valence-electron chi connectivity index (χ3n) is 4.61. The van der Waals surface area contributed by atoms with E-state index in [1.807, 2.05) is 6.92 Å². The van der Waals surface area contributed by atoms with Crippen LogP contribution in [0, 0.1) is 6.92 Å². The summed E-state index contributed by atoms with van der Waals surface area (Å²) in [5.74, 6) is 0.349. The summed E-state index contributed by atoms with van der Waals surface area (Å²) < 4.78 is 29.1. The fraction of sp³-hybridized carbons (Fsp3) is 0.389. The zero-order chi connectivity index (χ0) is 21.2. The Hall–Kier alpha value is -2.92. The number of hydrogen-bond acceptors (Lipinski definition) is 9. The second-order valence-electron chi connectivity index (χ2n) is 6.96. The Labute approximate surface area is 169 Å². The third-order valence-corrected chi connectivity index (χ3v) is 6.34. The van der Waals surface area contributed by atoms with E-state index in [0.29, 0.717) is 35.1 Å². The molecule has 0 aliphatic carbocycles. The van der Waals surface area contributed by atoms with Crippen LogP contribution in [0.4, 0.5) is 17.2 Å². The van der Waals surface area contributed by atoms with Crippen molar-refractivity contribution < 1.29 is 17.9 Å². The van der Waals surface area contributed by atoms with E-state index in [1.165, 1.54) is 6.20 Å². The molecule has 156 valence electrons. The molecule has 0 spiro atoms. The van der Waals surface area contributed by atoms with Gasteiger partial charge in [-0.3, -0.25) is 4.79 Å². The number of pyridine rings is 2. The molecule has 2 atom stereocenters. The van der Waals surface area contributed by atoms with Gasteiger partial charge in [-0.2, -0.15) is 0 Å². The Morgan fingerprint density at radius 1 is 1.31 bits per heavy atom. The van der Waals surface area contributed by atoms with Gasteiger partial charge in [0.15, 0.2) is 15.5 Å². The van der Waals surface area contributed by atoms with Crippen LogP contribution in [0.3, 0.4) is 0 Å². The van der Waals surface area contributed by atoms with E-state index in [4.69, 9.17) is 16.2 Å². The Bertz CT molecular complexity index is 1030. The van der Waals surface area contributed by atoms with Gasteiger partial charge in [0.05, 0.1) is 42.2 Å². The van der Waals surface area contributed by atoms with Gasteiger partial charge in [-0.15, -0.1) is 0 Å². The molecule has 1 aliphatic rings. The second-order valence-corrected chi connectivity index (χ2v) is 9.19. The summed E-state index contributed by atoms with van der Waals surface area (Å²) in [5.41, 5.74) is 13.1. The summed E-state index contributed by atoms with van der Waals surface area (Å²) in [7, 11) is -1.61. The molecule has 2 aromatic heterocycles. The monoisotopic (exact) mass is 420 g/mol. The van der Waals surface area contributed by atoms with Crippen LogP contribution < -0.4 is 26.8 Å². The van der Waals surface area contributed by atoms with E-state index < -0.39 is 21.8 Å². The molecule has 11 heteroatoms. The van der Waals surface area contributed by atoms with Crippen molar-refractivity contribution in [1.29, 1.82) is 0 Å². The maximum atomic E-state index is 11.9. The van der Waals surface area contributed by atoms with Gasteiger partial charge < -0.3 is 26.8 Å². The largest absolute Gasteiger partial charge is 0.497 e. The minimum Gasteiger partial charge on any atom is -0.497 e. The number of methoxy groups -OCH3 is 1. The molecule has 3 heterocycles. The summed E-state index contributed by atoms with van der Waals surface area (Å²) >= 11 is 0. The number of nitrogens with one attached hydrogen (secondary N) is 2. The van der Waals surface area contributed by atoms with E-state index in [-0.39, 0.29) is 23.2 Å². The van der Waals surface area contributed by atoms with Crippen LogP contribution in [-0.2, 0) is 9.84 Å². The molecule has 1 amide bonds. The first kappa shape index (κ1) is 20.8. The SMILES string of the molecule is COc1cc(C)nc(Nc2cc(N[C@@H]3CS(=O)(=O)CC[C@@H]3N)cnc2C(N)=O)c1. The number of aromatic nitrogens is 2. The number of anilines is 3. The van der Waals surface area contributed by atoms with Crippen LogP contribution in [-0.4, -0.2) is 55.0 Å². The molecule has 1 fully saturated rings. The molecule has 3 rings (SSSR count). The number of nitrogens with zero attached hydrogens (tertiary/aromatic N) is 2. The van der Waals surface area contributed by atoms with Gasteiger partial charge in [-0.1, -0.05) is 0 Å². The Kier molecular flexibility index (Phi) is 5.89. The lowest BCUT2D eigenvalue weighted by Gasteiger charge is -2.30. The number of nitrogens with two attached hydrogens (primary N) is 2. The summed E-state index contributed by atoms with van der Waals surface area (Å²) in [6, 6.07) is 4.29. The van der Waals surface area contributed by atoms with E-state index in [2.05, 4.69) is 20.6 Å². The zero-order valence-electron chi connectivity index (χ0n) is 16.2. The molecule has 1 aliphatic heterocycles. The highest BCUT2D eigenvalue weighted by Gasteiger charge is 2.31. The van der Waals surface area contributed by atoms with Crippen LogP contribution in [0.1, 0.15) is 22.6 Å². The highest BCUT2D eigenvalue weighted by Crippen LogP contribution is 2.26. The van der Waals surface area contributed by atoms with Crippen molar-refractivity contribution >= 4 is 32.9 Å². The van der Waals surface area contributed by atoms with Crippen molar-refractivity contribution in [1.82, 2.24) is 9.97 Å². The highest BCUT2D eigenvalue weighted by atomic mass is 32.2. The molecular weight excluding hydrogens is 396 g/mol. The third kappa shape index (κ3) is 5.12. The van der Waals surface area contributed by atoms with E-state index >= 15 is 0 Å². The zero-order valence-corrected chi connectivity index (χ0v) is 17.0. The molecule has 1 saturated heterocycles. The van der Waals surface area contributed by atoms with E-state index in [0.717, 1.165) is 0 Å². The average Bonchev–Trinajstić information content (AvgIpc) is 2.64. The molecule has 0 saturated carbocycles. The molecule has 0 unspecified atom stereocenters. The van der Waals surface area contributed by atoms with E-state index in [1.54, 1.807) is 25.3 Å². The number of carbonyl (C=O) groups excluding carboxylic acids is 1. The highest BCUT2D eigenvalue weighted by molar-refractivity contribution is 7.91. The van der Waals surface area contributed by atoms with Crippen molar-refractivity contribution in [3.63, 3.8) is 0 Å². The first-order valence-electron chi connectivity index (χ1n) is 8.99. The molecule has 0 radical (unpaired) electrons. The topological polar surface area (TPSA) is 162 Å².